The summed E-state index contributed by atoms with van der Waals surface area (Å²) in [5.41, 5.74) is 13.9. The summed E-state index contributed by atoms with van der Waals surface area (Å²) in [5.74, 6) is 1.28. The molecule has 0 fully saturated rings. The van der Waals surface area contributed by atoms with E-state index < -0.39 is 0 Å². The average molecular weight is 697 g/mol. The van der Waals surface area contributed by atoms with Gasteiger partial charge in [-0.3, -0.25) is 4.57 Å². The van der Waals surface area contributed by atoms with Crippen LogP contribution in [0.25, 0.3) is 94.2 Å². The Hall–Kier alpha value is -6.65. The maximum absolute atomic E-state index is 5.43. The van der Waals surface area contributed by atoms with Gasteiger partial charge in [0.15, 0.2) is 0 Å². The quantitative estimate of drug-likeness (QED) is 0.163. The second kappa shape index (κ2) is 12.8. The Morgan fingerprint density at radius 3 is 1.85 bits per heavy atom. The molecule has 0 amide bonds. The number of para-hydroxylation sites is 3. The van der Waals surface area contributed by atoms with Crippen molar-refractivity contribution in [2.45, 2.75) is 27.2 Å². The molecule has 54 heavy (non-hydrogen) atoms. The molecule has 4 nitrogen and oxygen atoms in total. The molecule has 1 unspecified atom stereocenters. The van der Waals surface area contributed by atoms with Crippen molar-refractivity contribution in [3.05, 3.63) is 170 Å². The van der Waals surface area contributed by atoms with Crippen LogP contribution in [-0.2, 0) is 0 Å². The predicted octanol–water partition coefficient (Wildman–Crippen LogP) is 13.5. The molecule has 0 spiro atoms. The van der Waals surface area contributed by atoms with Gasteiger partial charge in [-0.1, -0.05) is 135 Å². The third-order valence-corrected chi connectivity index (χ3v) is 11.3. The first-order valence-corrected chi connectivity index (χ1v) is 19.0. The lowest BCUT2D eigenvalue weighted by Crippen LogP contribution is -2.05. The fraction of sp³-hybridized carbons (Fsp3) is 0.100. The summed E-state index contributed by atoms with van der Waals surface area (Å²) in [6.07, 6.45) is 3.37. The maximum atomic E-state index is 5.43. The van der Waals surface area contributed by atoms with E-state index in [0.717, 1.165) is 51.3 Å². The summed E-state index contributed by atoms with van der Waals surface area (Å²) in [7, 11) is 0. The van der Waals surface area contributed by atoms with E-state index in [2.05, 4.69) is 204 Å². The van der Waals surface area contributed by atoms with Gasteiger partial charge in [0.2, 0.25) is 0 Å². The molecule has 4 aromatic heterocycles. The second-order valence-corrected chi connectivity index (χ2v) is 14.3. The minimum absolute atomic E-state index is 0.386. The van der Waals surface area contributed by atoms with Gasteiger partial charge >= 0.3 is 0 Å². The molecule has 0 N–H and O–H groups in total. The Labute approximate surface area is 314 Å². The summed E-state index contributed by atoms with van der Waals surface area (Å²) < 4.78 is 7.40. The number of hydrogen-bond acceptors (Lipinski definition) is 1. The van der Waals surface area contributed by atoms with Gasteiger partial charge in [-0.2, -0.15) is 0 Å². The monoisotopic (exact) mass is 696 g/mol. The minimum Gasteiger partial charge on any atom is -0.311 e. The molecule has 6 aromatic carbocycles. The largest absolute Gasteiger partial charge is 0.311 e. The number of hydrogen-bond donors (Lipinski definition) is 0. The average Bonchev–Trinajstić information content (AvgIpc) is 3.86. The topological polar surface area (TPSA) is 27.7 Å². The predicted molar refractivity (Wildman–Crippen MR) is 229 cm³/mol. The van der Waals surface area contributed by atoms with Crippen molar-refractivity contribution in [3.8, 4) is 33.9 Å². The van der Waals surface area contributed by atoms with Crippen LogP contribution in [0.4, 0.5) is 0 Å². The summed E-state index contributed by atoms with van der Waals surface area (Å²) in [5, 5.41) is 4.90. The first-order valence-electron chi connectivity index (χ1n) is 19.0. The van der Waals surface area contributed by atoms with Gasteiger partial charge in [0.05, 0.1) is 38.8 Å². The van der Waals surface area contributed by atoms with Crippen LogP contribution >= 0.6 is 0 Å². The molecule has 0 aliphatic rings. The number of nitrogens with zero attached hydrogens (tertiary/aromatic N) is 4. The third-order valence-electron chi connectivity index (χ3n) is 11.3. The zero-order valence-electron chi connectivity index (χ0n) is 30.7. The molecular formula is C50H40N4. The van der Waals surface area contributed by atoms with Crippen molar-refractivity contribution in [2.75, 3.05) is 0 Å². The number of allylic oxidation sites excluding steroid dienone is 2. The van der Waals surface area contributed by atoms with Gasteiger partial charge in [-0.15, -0.1) is 0 Å². The molecule has 0 aliphatic heterocycles. The van der Waals surface area contributed by atoms with E-state index in [1.54, 1.807) is 0 Å². The number of fused-ring (bicyclic) bond motifs is 8. The highest BCUT2D eigenvalue weighted by molar-refractivity contribution is 6.24. The smallest absolute Gasteiger partial charge is 0.138 e. The zero-order valence-corrected chi connectivity index (χ0v) is 30.7. The van der Waals surface area contributed by atoms with E-state index in [9.17, 15) is 0 Å². The van der Waals surface area contributed by atoms with Crippen molar-refractivity contribution in [3.63, 3.8) is 0 Å². The molecule has 0 saturated carbocycles. The van der Waals surface area contributed by atoms with Gasteiger partial charge in [0, 0.05) is 38.5 Å². The van der Waals surface area contributed by atoms with Gasteiger partial charge in [0.1, 0.15) is 5.82 Å². The first-order chi connectivity index (χ1) is 26.6. The molecular weight excluding hydrogens is 657 g/mol. The van der Waals surface area contributed by atoms with Gasteiger partial charge in [-0.25, -0.2) is 4.98 Å². The van der Waals surface area contributed by atoms with E-state index in [-0.39, 0.29) is 0 Å². The number of benzene rings is 6. The van der Waals surface area contributed by atoms with Crippen LogP contribution in [0.1, 0.15) is 27.2 Å². The Bertz CT molecular complexity index is 2980. The Morgan fingerprint density at radius 2 is 1.15 bits per heavy atom. The normalized spacial score (nSPS) is 12.8. The fourth-order valence-corrected chi connectivity index (χ4v) is 8.58. The second-order valence-electron chi connectivity index (χ2n) is 14.3. The van der Waals surface area contributed by atoms with E-state index in [1.807, 2.05) is 0 Å². The molecule has 0 bridgehead atoms. The Balaban J connectivity index is 1.37. The highest BCUT2D eigenvalue weighted by Crippen LogP contribution is 2.45. The number of rotatable bonds is 7. The van der Waals surface area contributed by atoms with E-state index >= 15 is 0 Å². The first kappa shape index (κ1) is 32.0. The van der Waals surface area contributed by atoms with Gasteiger partial charge < -0.3 is 9.13 Å². The van der Waals surface area contributed by atoms with Crippen LogP contribution in [0.3, 0.4) is 0 Å². The third kappa shape index (κ3) is 4.87. The molecule has 4 heteroatoms. The van der Waals surface area contributed by atoms with Crippen molar-refractivity contribution >= 4 is 60.3 Å². The lowest BCUT2D eigenvalue weighted by molar-refractivity contribution is 0.690. The van der Waals surface area contributed by atoms with Crippen molar-refractivity contribution in [2.24, 2.45) is 5.92 Å². The van der Waals surface area contributed by atoms with Crippen LogP contribution < -0.4 is 0 Å². The molecule has 0 aliphatic carbocycles. The van der Waals surface area contributed by atoms with E-state index in [4.69, 9.17) is 4.98 Å². The lowest BCUT2D eigenvalue weighted by Gasteiger charge is -2.18. The molecule has 10 aromatic rings. The van der Waals surface area contributed by atoms with Crippen molar-refractivity contribution in [1.29, 1.82) is 0 Å². The van der Waals surface area contributed by atoms with Crippen LogP contribution in [-0.4, -0.2) is 18.7 Å². The standard InChI is InChI=1S/C50H40N4/c1-4-33(3)43(5-2)54-45-28-18-16-26-39(45)49-50(54)41-31-40-38-25-15-17-27-44(38)53(46(40)32-47(41)52(49)37-23-13-8-14-24-37)48-30-36(34-19-9-6-10-20-34)29-42(51-48)35-21-11-7-12-22-35/h5-33H,4H2,1-3H3/b43-5+. The van der Waals surface area contributed by atoms with Crippen LogP contribution in [0, 0.1) is 5.92 Å². The molecule has 0 radical (unpaired) electrons. The zero-order chi connectivity index (χ0) is 36.3. The Kier molecular flexibility index (Phi) is 7.58. The fourth-order valence-electron chi connectivity index (χ4n) is 8.58. The minimum atomic E-state index is 0.386. The van der Waals surface area contributed by atoms with Gasteiger partial charge in [-0.05, 0) is 78.9 Å². The molecule has 1 atom stereocenters. The summed E-state index contributed by atoms with van der Waals surface area (Å²) in [4.78, 5) is 5.43. The molecule has 10 rings (SSSR count). The van der Waals surface area contributed by atoms with Crippen LogP contribution in [0.15, 0.2) is 170 Å². The van der Waals surface area contributed by atoms with Crippen molar-refractivity contribution < 1.29 is 0 Å². The molecule has 0 saturated heterocycles. The summed E-state index contributed by atoms with van der Waals surface area (Å²) in [6.45, 7) is 6.82. The maximum Gasteiger partial charge on any atom is 0.138 e. The Morgan fingerprint density at radius 1 is 0.537 bits per heavy atom. The van der Waals surface area contributed by atoms with E-state index in [1.165, 1.54) is 49.3 Å². The highest BCUT2D eigenvalue weighted by Gasteiger charge is 2.26. The SMILES string of the molecule is C/C=C(\C(C)CC)n1c2ccccc2c2c1c1cc3c4ccccc4n(-c4cc(-c5ccccc5)cc(-c5ccccc5)n4)c3cc1n2-c1ccccc1. The molecule has 260 valence electrons. The number of aromatic nitrogens is 4. The van der Waals surface area contributed by atoms with Crippen molar-refractivity contribution in [1.82, 2.24) is 18.7 Å². The molecule has 4 heterocycles. The number of pyridine rings is 1. The van der Waals surface area contributed by atoms with Crippen LogP contribution in [0.2, 0.25) is 0 Å². The summed E-state index contributed by atoms with van der Waals surface area (Å²) in [6, 6.07) is 59.0. The van der Waals surface area contributed by atoms with E-state index in [0.29, 0.717) is 5.92 Å². The summed E-state index contributed by atoms with van der Waals surface area (Å²) >= 11 is 0. The van der Waals surface area contributed by atoms with Crippen LogP contribution in [0.5, 0.6) is 0 Å². The lowest BCUT2D eigenvalue weighted by atomic mass is 10.0. The van der Waals surface area contributed by atoms with Gasteiger partial charge in [0.25, 0.3) is 0 Å². The highest BCUT2D eigenvalue weighted by atomic mass is 15.1.